The van der Waals surface area contributed by atoms with E-state index in [2.05, 4.69) is 11.4 Å². The Labute approximate surface area is 117 Å². The zero-order chi connectivity index (χ0) is 14.5. The van der Waals surface area contributed by atoms with Crippen LogP contribution in [0, 0.1) is 17.1 Å². The topological polar surface area (TPSA) is 45.0 Å². The van der Waals surface area contributed by atoms with Crippen molar-refractivity contribution in [3.63, 3.8) is 0 Å². The molecule has 0 fully saturated rings. The maximum absolute atomic E-state index is 13.6. The number of hydrogen-bond donors (Lipinski definition) is 1. The van der Waals surface area contributed by atoms with Crippen molar-refractivity contribution in [2.75, 3.05) is 12.4 Å². The van der Waals surface area contributed by atoms with E-state index in [1.54, 1.807) is 24.3 Å². The zero-order valence-corrected chi connectivity index (χ0v) is 11.4. The predicted molar refractivity (Wildman–Crippen MR) is 76.1 cm³/mol. The summed E-state index contributed by atoms with van der Waals surface area (Å²) in [6.45, 7) is 1.98. The summed E-state index contributed by atoms with van der Waals surface area (Å²) in [4.78, 5) is 0. The second kappa shape index (κ2) is 6.07. The lowest BCUT2D eigenvalue weighted by Gasteiger charge is -2.16. The third kappa shape index (κ3) is 3.07. The molecular formula is C16H15FN2O. The first-order valence-electron chi connectivity index (χ1n) is 6.24. The monoisotopic (exact) mass is 270 g/mol. The summed E-state index contributed by atoms with van der Waals surface area (Å²) in [5.74, 6) is -0.175. The summed E-state index contributed by atoms with van der Waals surface area (Å²) in [5, 5.41) is 12.0. The summed E-state index contributed by atoms with van der Waals surface area (Å²) in [6.07, 6.45) is 0. The molecule has 0 aliphatic carbocycles. The van der Waals surface area contributed by atoms with Crippen LogP contribution in [-0.4, -0.2) is 7.11 Å². The number of nitrogens with one attached hydrogen (secondary N) is 1. The van der Waals surface area contributed by atoms with Crippen molar-refractivity contribution in [1.29, 1.82) is 5.26 Å². The third-order valence-electron chi connectivity index (χ3n) is 3.07. The van der Waals surface area contributed by atoms with E-state index >= 15 is 0 Å². The molecule has 0 saturated carbocycles. The van der Waals surface area contributed by atoms with E-state index in [1.165, 1.54) is 13.2 Å². The Balaban J connectivity index is 2.12. The van der Waals surface area contributed by atoms with E-state index in [1.807, 2.05) is 19.1 Å². The average molecular weight is 270 g/mol. The van der Waals surface area contributed by atoms with Crippen LogP contribution in [0.4, 0.5) is 10.1 Å². The van der Waals surface area contributed by atoms with Crippen LogP contribution in [0.3, 0.4) is 0 Å². The largest absolute Gasteiger partial charge is 0.494 e. The van der Waals surface area contributed by atoms with Crippen molar-refractivity contribution >= 4 is 5.69 Å². The molecule has 4 heteroatoms. The maximum Gasteiger partial charge on any atom is 0.167 e. The number of benzene rings is 2. The van der Waals surface area contributed by atoms with Gasteiger partial charge in [0.15, 0.2) is 11.6 Å². The molecule has 2 rings (SSSR count). The van der Waals surface area contributed by atoms with Gasteiger partial charge in [-0.15, -0.1) is 0 Å². The molecule has 102 valence electrons. The standard InChI is InChI=1S/C16H15FN2O/c1-11(13-5-3-12(10-18)4-6-13)19-14-7-8-16(20-2)15(17)9-14/h3-9,11,19H,1-2H3. The van der Waals surface area contributed by atoms with E-state index < -0.39 is 5.82 Å². The summed E-state index contributed by atoms with van der Waals surface area (Å²) < 4.78 is 18.5. The van der Waals surface area contributed by atoms with Gasteiger partial charge in [-0.3, -0.25) is 0 Å². The summed E-state index contributed by atoms with van der Waals surface area (Å²) in [5.41, 5.74) is 2.33. The number of anilines is 1. The number of rotatable bonds is 4. The third-order valence-corrected chi connectivity index (χ3v) is 3.07. The molecule has 0 spiro atoms. The number of methoxy groups -OCH3 is 1. The molecular weight excluding hydrogens is 255 g/mol. The number of nitrogens with zero attached hydrogens (tertiary/aromatic N) is 1. The van der Waals surface area contributed by atoms with Crippen LogP contribution in [0.5, 0.6) is 5.75 Å². The van der Waals surface area contributed by atoms with Gasteiger partial charge in [0.2, 0.25) is 0 Å². The first-order chi connectivity index (χ1) is 9.63. The van der Waals surface area contributed by atoms with Gasteiger partial charge >= 0.3 is 0 Å². The zero-order valence-electron chi connectivity index (χ0n) is 11.4. The SMILES string of the molecule is COc1ccc(NC(C)c2ccc(C#N)cc2)cc1F. The number of ether oxygens (including phenoxy) is 1. The molecule has 0 aliphatic heterocycles. The van der Waals surface area contributed by atoms with E-state index in [-0.39, 0.29) is 11.8 Å². The quantitative estimate of drug-likeness (QED) is 0.917. The van der Waals surface area contributed by atoms with Crippen molar-refractivity contribution in [3.05, 3.63) is 59.4 Å². The highest BCUT2D eigenvalue weighted by Gasteiger charge is 2.08. The highest BCUT2D eigenvalue weighted by molar-refractivity contribution is 5.49. The Morgan fingerprint density at radius 3 is 2.45 bits per heavy atom. The first-order valence-corrected chi connectivity index (χ1v) is 6.24. The number of halogens is 1. The highest BCUT2D eigenvalue weighted by atomic mass is 19.1. The lowest BCUT2D eigenvalue weighted by molar-refractivity contribution is 0.386. The Bertz CT molecular complexity index is 632. The van der Waals surface area contributed by atoms with Crippen LogP contribution in [-0.2, 0) is 0 Å². The van der Waals surface area contributed by atoms with Crippen molar-refractivity contribution in [1.82, 2.24) is 0 Å². The van der Waals surface area contributed by atoms with E-state index in [4.69, 9.17) is 10.00 Å². The van der Waals surface area contributed by atoms with Gasteiger partial charge in [0, 0.05) is 17.8 Å². The minimum Gasteiger partial charge on any atom is -0.494 e. The molecule has 1 atom stereocenters. The molecule has 20 heavy (non-hydrogen) atoms. The first kappa shape index (κ1) is 13.9. The second-order valence-corrected chi connectivity index (χ2v) is 4.45. The molecule has 3 nitrogen and oxygen atoms in total. The van der Waals surface area contributed by atoms with E-state index in [0.29, 0.717) is 11.3 Å². The summed E-state index contributed by atoms with van der Waals surface area (Å²) in [7, 11) is 1.44. The second-order valence-electron chi connectivity index (χ2n) is 4.45. The minimum absolute atomic E-state index is 0.00976. The van der Waals surface area contributed by atoms with Crippen LogP contribution in [0.1, 0.15) is 24.1 Å². The van der Waals surface area contributed by atoms with Gasteiger partial charge in [-0.2, -0.15) is 5.26 Å². The van der Waals surface area contributed by atoms with Crippen molar-refractivity contribution in [2.45, 2.75) is 13.0 Å². The normalized spacial score (nSPS) is 11.5. The molecule has 0 aromatic heterocycles. The molecule has 0 bridgehead atoms. The van der Waals surface area contributed by atoms with Crippen molar-refractivity contribution in [3.8, 4) is 11.8 Å². The Kier molecular flexibility index (Phi) is 4.21. The van der Waals surface area contributed by atoms with Gasteiger partial charge in [-0.1, -0.05) is 12.1 Å². The summed E-state index contributed by atoms with van der Waals surface area (Å²) in [6, 6.07) is 14.1. The van der Waals surface area contributed by atoms with Gasteiger partial charge < -0.3 is 10.1 Å². The van der Waals surface area contributed by atoms with Crippen LogP contribution in [0.25, 0.3) is 0 Å². The van der Waals surface area contributed by atoms with Gasteiger partial charge in [-0.05, 0) is 36.8 Å². The minimum atomic E-state index is -0.399. The van der Waals surface area contributed by atoms with Crippen molar-refractivity contribution in [2.24, 2.45) is 0 Å². The number of nitriles is 1. The van der Waals surface area contributed by atoms with Crippen LogP contribution < -0.4 is 10.1 Å². The van der Waals surface area contributed by atoms with E-state index in [9.17, 15) is 4.39 Å². The molecule has 0 amide bonds. The Morgan fingerprint density at radius 1 is 1.20 bits per heavy atom. The van der Waals surface area contributed by atoms with Gasteiger partial charge in [0.25, 0.3) is 0 Å². The molecule has 0 heterocycles. The molecule has 2 aromatic carbocycles. The molecule has 0 aliphatic rings. The van der Waals surface area contributed by atoms with E-state index in [0.717, 1.165) is 5.56 Å². The maximum atomic E-state index is 13.6. The Hall–Kier alpha value is -2.54. The Morgan fingerprint density at radius 2 is 1.90 bits per heavy atom. The molecule has 0 radical (unpaired) electrons. The molecule has 1 unspecified atom stereocenters. The van der Waals surface area contributed by atoms with Crippen LogP contribution >= 0.6 is 0 Å². The van der Waals surface area contributed by atoms with Gasteiger partial charge in [0.05, 0.1) is 18.7 Å². The lowest BCUT2D eigenvalue weighted by atomic mass is 10.1. The molecule has 0 saturated heterocycles. The van der Waals surface area contributed by atoms with Crippen molar-refractivity contribution < 1.29 is 9.13 Å². The molecule has 1 N–H and O–H groups in total. The summed E-state index contributed by atoms with van der Waals surface area (Å²) >= 11 is 0. The van der Waals surface area contributed by atoms with Crippen LogP contribution in [0.15, 0.2) is 42.5 Å². The highest BCUT2D eigenvalue weighted by Crippen LogP contribution is 2.24. The molecule has 2 aromatic rings. The van der Waals surface area contributed by atoms with Gasteiger partial charge in [-0.25, -0.2) is 4.39 Å². The predicted octanol–water partition coefficient (Wildman–Crippen LogP) is 3.88. The fraction of sp³-hybridized carbons (Fsp3) is 0.188. The fourth-order valence-corrected chi connectivity index (χ4v) is 1.94. The smallest absolute Gasteiger partial charge is 0.167 e. The van der Waals surface area contributed by atoms with Gasteiger partial charge in [0.1, 0.15) is 0 Å². The lowest BCUT2D eigenvalue weighted by Crippen LogP contribution is -2.06. The average Bonchev–Trinajstić information content (AvgIpc) is 2.47. The van der Waals surface area contributed by atoms with Crippen LogP contribution in [0.2, 0.25) is 0 Å². The number of hydrogen-bond acceptors (Lipinski definition) is 3. The fourth-order valence-electron chi connectivity index (χ4n) is 1.94.